The molecule has 0 saturated heterocycles. The van der Waals surface area contributed by atoms with E-state index in [4.69, 9.17) is 27.9 Å². The maximum atomic E-state index is 12.5. The molecule has 2 aromatic carbocycles. The molecule has 0 aliphatic rings. The van der Waals surface area contributed by atoms with Crippen molar-refractivity contribution in [2.24, 2.45) is 0 Å². The normalized spacial score (nSPS) is 10.5. The summed E-state index contributed by atoms with van der Waals surface area (Å²) >= 11 is 12.3. The summed E-state index contributed by atoms with van der Waals surface area (Å²) < 4.78 is 6.46. The van der Waals surface area contributed by atoms with Gasteiger partial charge in [0, 0.05) is 10.7 Å². The summed E-state index contributed by atoms with van der Waals surface area (Å²) in [4.78, 5) is 36.5. The number of benzene rings is 2. The van der Waals surface area contributed by atoms with Crippen LogP contribution in [0.15, 0.2) is 48.5 Å². The SMILES string of the molecule is Cc1nn(-c2ccccc2)c(Cl)c1C(=O)OCC(=O)NCC(=O)Nc1cccc(Cl)c1C. The van der Waals surface area contributed by atoms with Crippen LogP contribution in [-0.2, 0) is 14.3 Å². The maximum absolute atomic E-state index is 12.5. The minimum Gasteiger partial charge on any atom is -0.452 e. The van der Waals surface area contributed by atoms with Gasteiger partial charge in [-0.2, -0.15) is 5.10 Å². The van der Waals surface area contributed by atoms with Gasteiger partial charge in [-0.25, -0.2) is 9.48 Å². The van der Waals surface area contributed by atoms with E-state index in [1.165, 1.54) is 4.68 Å². The molecule has 0 aliphatic heterocycles. The summed E-state index contributed by atoms with van der Waals surface area (Å²) in [7, 11) is 0. The van der Waals surface area contributed by atoms with Crippen molar-refractivity contribution in [3.05, 3.63) is 75.5 Å². The molecule has 10 heteroatoms. The summed E-state index contributed by atoms with van der Waals surface area (Å²) in [6, 6.07) is 14.2. The highest BCUT2D eigenvalue weighted by Gasteiger charge is 2.23. The van der Waals surface area contributed by atoms with E-state index >= 15 is 0 Å². The molecule has 0 saturated carbocycles. The minimum absolute atomic E-state index is 0.0671. The van der Waals surface area contributed by atoms with E-state index in [2.05, 4.69) is 15.7 Å². The number of carbonyl (C=O) groups is 3. The molecular weight excluding hydrogens is 455 g/mol. The van der Waals surface area contributed by atoms with Crippen LogP contribution in [0.2, 0.25) is 10.2 Å². The largest absolute Gasteiger partial charge is 0.452 e. The van der Waals surface area contributed by atoms with Crippen LogP contribution in [0.4, 0.5) is 5.69 Å². The number of amides is 2. The number of ether oxygens (including phenoxy) is 1. The lowest BCUT2D eigenvalue weighted by molar-refractivity contribution is -0.126. The van der Waals surface area contributed by atoms with Gasteiger partial charge in [-0.1, -0.05) is 47.5 Å². The van der Waals surface area contributed by atoms with Gasteiger partial charge in [0.2, 0.25) is 5.91 Å². The Morgan fingerprint density at radius 3 is 2.44 bits per heavy atom. The van der Waals surface area contributed by atoms with Crippen molar-refractivity contribution in [3.8, 4) is 5.69 Å². The smallest absolute Gasteiger partial charge is 0.343 e. The Bertz CT molecular complexity index is 1160. The van der Waals surface area contributed by atoms with Gasteiger partial charge in [0.05, 0.1) is 17.9 Å². The van der Waals surface area contributed by atoms with Crippen LogP contribution in [0.5, 0.6) is 0 Å². The third kappa shape index (κ3) is 5.46. The number of halogens is 2. The zero-order valence-corrected chi connectivity index (χ0v) is 18.8. The van der Waals surface area contributed by atoms with Gasteiger partial charge < -0.3 is 15.4 Å². The monoisotopic (exact) mass is 474 g/mol. The number of aryl methyl sites for hydroxylation is 1. The van der Waals surface area contributed by atoms with E-state index in [1.807, 2.05) is 18.2 Å². The zero-order chi connectivity index (χ0) is 23.3. The summed E-state index contributed by atoms with van der Waals surface area (Å²) in [6.45, 7) is 2.51. The van der Waals surface area contributed by atoms with Crippen LogP contribution < -0.4 is 10.6 Å². The van der Waals surface area contributed by atoms with Crippen molar-refractivity contribution in [2.45, 2.75) is 13.8 Å². The summed E-state index contributed by atoms with van der Waals surface area (Å²) in [6.07, 6.45) is 0. The zero-order valence-electron chi connectivity index (χ0n) is 17.3. The van der Waals surface area contributed by atoms with Crippen molar-refractivity contribution in [1.82, 2.24) is 15.1 Å². The van der Waals surface area contributed by atoms with Gasteiger partial charge in [0.15, 0.2) is 6.61 Å². The van der Waals surface area contributed by atoms with Crippen molar-refractivity contribution >= 4 is 46.7 Å². The van der Waals surface area contributed by atoms with Crippen molar-refractivity contribution in [1.29, 1.82) is 0 Å². The van der Waals surface area contributed by atoms with Gasteiger partial charge in [-0.15, -0.1) is 0 Å². The molecule has 1 heterocycles. The van der Waals surface area contributed by atoms with E-state index < -0.39 is 24.4 Å². The minimum atomic E-state index is -0.788. The van der Waals surface area contributed by atoms with Crippen LogP contribution >= 0.6 is 23.2 Å². The van der Waals surface area contributed by atoms with Gasteiger partial charge in [-0.3, -0.25) is 9.59 Å². The van der Waals surface area contributed by atoms with E-state index in [0.29, 0.717) is 27.7 Å². The quantitative estimate of drug-likeness (QED) is 0.508. The third-order valence-electron chi connectivity index (χ3n) is 4.53. The molecule has 3 aromatic rings. The average molecular weight is 475 g/mol. The van der Waals surface area contributed by atoms with Gasteiger partial charge in [-0.05, 0) is 43.7 Å². The molecule has 0 spiro atoms. The first-order chi connectivity index (χ1) is 15.3. The third-order valence-corrected chi connectivity index (χ3v) is 5.29. The fourth-order valence-electron chi connectivity index (χ4n) is 2.84. The van der Waals surface area contributed by atoms with E-state index in [1.54, 1.807) is 44.2 Å². The second-order valence-electron chi connectivity index (χ2n) is 6.81. The second-order valence-corrected chi connectivity index (χ2v) is 7.58. The number of rotatable bonds is 7. The van der Waals surface area contributed by atoms with E-state index in [-0.39, 0.29) is 17.3 Å². The predicted molar refractivity (Wildman–Crippen MR) is 121 cm³/mol. The number of aromatic nitrogens is 2. The number of nitrogens with one attached hydrogen (secondary N) is 2. The molecule has 0 fully saturated rings. The lowest BCUT2D eigenvalue weighted by Gasteiger charge is -2.10. The fourth-order valence-corrected chi connectivity index (χ4v) is 3.37. The first kappa shape index (κ1) is 23.3. The number of carbonyl (C=O) groups excluding carboxylic acids is 3. The van der Waals surface area contributed by atoms with Gasteiger partial charge in [0.25, 0.3) is 5.91 Å². The number of nitrogens with zero attached hydrogens (tertiary/aromatic N) is 2. The van der Waals surface area contributed by atoms with Crippen LogP contribution in [0, 0.1) is 13.8 Å². The summed E-state index contributed by atoms with van der Waals surface area (Å²) in [5, 5.41) is 9.90. The highest BCUT2D eigenvalue weighted by atomic mass is 35.5. The molecular formula is C22H20Cl2N4O4. The van der Waals surface area contributed by atoms with Gasteiger partial charge in [0.1, 0.15) is 10.7 Å². The standard InChI is InChI=1S/C22H20Cl2N4O4/c1-13-16(23)9-6-10-17(13)26-18(29)11-25-19(30)12-32-22(31)20-14(2)27-28(21(20)24)15-7-4-3-5-8-15/h3-10H,11-12H2,1-2H3,(H,25,30)(H,26,29). The molecule has 166 valence electrons. The molecule has 32 heavy (non-hydrogen) atoms. The molecule has 0 aliphatic carbocycles. The molecule has 0 bridgehead atoms. The molecule has 2 N–H and O–H groups in total. The summed E-state index contributed by atoms with van der Waals surface area (Å²) in [5.41, 5.74) is 2.37. The van der Waals surface area contributed by atoms with Crippen LogP contribution in [0.25, 0.3) is 5.69 Å². The lowest BCUT2D eigenvalue weighted by atomic mass is 10.2. The van der Waals surface area contributed by atoms with E-state index in [9.17, 15) is 14.4 Å². The molecule has 0 unspecified atom stereocenters. The van der Waals surface area contributed by atoms with Crippen molar-refractivity contribution in [3.63, 3.8) is 0 Å². The number of anilines is 1. The van der Waals surface area contributed by atoms with Crippen molar-refractivity contribution < 1.29 is 19.1 Å². The van der Waals surface area contributed by atoms with Crippen LogP contribution in [0.1, 0.15) is 21.6 Å². The molecule has 3 rings (SSSR count). The Morgan fingerprint density at radius 1 is 1.00 bits per heavy atom. The van der Waals surface area contributed by atoms with Crippen LogP contribution in [-0.4, -0.2) is 40.7 Å². The first-order valence-electron chi connectivity index (χ1n) is 9.57. The van der Waals surface area contributed by atoms with Crippen LogP contribution in [0.3, 0.4) is 0 Å². The lowest BCUT2D eigenvalue weighted by Crippen LogP contribution is -2.35. The van der Waals surface area contributed by atoms with E-state index in [0.717, 1.165) is 0 Å². The number of hydrogen-bond acceptors (Lipinski definition) is 5. The Hall–Kier alpha value is -3.36. The highest BCUT2D eigenvalue weighted by Crippen LogP contribution is 2.24. The Kier molecular flexibility index (Phi) is 7.50. The Balaban J connectivity index is 1.53. The number of esters is 1. The van der Waals surface area contributed by atoms with Crippen molar-refractivity contribution in [2.75, 3.05) is 18.5 Å². The molecule has 0 atom stereocenters. The molecule has 8 nitrogen and oxygen atoms in total. The first-order valence-corrected chi connectivity index (χ1v) is 10.3. The van der Waals surface area contributed by atoms with Gasteiger partial charge >= 0.3 is 5.97 Å². The maximum Gasteiger partial charge on any atom is 0.343 e. The average Bonchev–Trinajstić information content (AvgIpc) is 3.08. The predicted octanol–water partition coefficient (Wildman–Crippen LogP) is 3.71. The molecule has 2 amide bonds. The molecule has 1 aromatic heterocycles. The fraction of sp³-hybridized carbons (Fsp3) is 0.182. The highest BCUT2D eigenvalue weighted by molar-refractivity contribution is 6.33. The Labute approximate surface area is 194 Å². The Morgan fingerprint density at radius 2 is 1.72 bits per heavy atom. The second kappa shape index (κ2) is 10.3. The topological polar surface area (TPSA) is 102 Å². The molecule has 0 radical (unpaired) electrons. The summed E-state index contributed by atoms with van der Waals surface area (Å²) in [5.74, 6) is -1.87. The number of hydrogen-bond donors (Lipinski definition) is 2. The number of para-hydroxylation sites is 1.